The number of amides is 2. The molecule has 8 heteroatoms. The van der Waals surface area contributed by atoms with E-state index in [1.54, 1.807) is 24.3 Å². The van der Waals surface area contributed by atoms with Gasteiger partial charge in [-0.1, -0.05) is 54.9 Å². The van der Waals surface area contributed by atoms with Crippen molar-refractivity contribution in [2.24, 2.45) is 0 Å². The van der Waals surface area contributed by atoms with Gasteiger partial charge in [0.05, 0.1) is 17.3 Å². The van der Waals surface area contributed by atoms with Gasteiger partial charge in [0, 0.05) is 43.0 Å². The first-order chi connectivity index (χ1) is 20.5. The maximum atomic E-state index is 13.0. The van der Waals surface area contributed by atoms with Crippen molar-refractivity contribution in [3.8, 4) is 11.5 Å². The molecule has 1 fully saturated rings. The predicted molar refractivity (Wildman–Crippen MR) is 167 cm³/mol. The Hall–Kier alpha value is -4.49. The van der Waals surface area contributed by atoms with Crippen LogP contribution in [0.5, 0.6) is 11.5 Å². The van der Waals surface area contributed by atoms with Gasteiger partial charge in [-0.25, -0.2) is 0 Å². The number of hydrogen-bond acceptors (Lipinski definition) is 5. The molecule has 4 aromatic rings. The van der Waals surface area contributed by atoms with Crippen molar-refractivity contribution in [2.45, 2.75) is 20.0 Å². The summed E-state index contributed by atoms with van der Waals surface area (Å²) in [5, 5.41) is 3.46. The number of halogens is 1. The monoisotopic (exact) mass is 583 g/mol. The molecular formula is C34H34ClN3O4. The van der Waals surface area contributed by atoms with Crippen molar-refractivity contribution in [3.63, 3.8) is 0 Å². The maximum Gasteiger partial charge on any atom is 0.255 e. The highest BCUT2D eigenvalue weighted by Crippen LogP contribution is 2.30. The Kier molecular flexibility index (Phi) is 9.62. The van der Waals surface area contributed by atoms with E-state index in [0.29, 0.717) is 67.0 Å². The van der Waals surface area contributed by atoms with Crippen LogP contribution in [0.25, 0.3) is 0 Å². The van der Waals surface area contributed by atoms with Crippen molar-refractivity contribution < 1.29 is 19.1 Å². The summed E-state index contributed by atoms with van der Waals surface area (Å²) in [6.45, 7) is 5.63. The fourth-order valence-electron chi connectivity index (χ4n) is 4.76. The van der Waals surface area contributed by atoms with Gasteiger partial charge in [-0.2, -0.15) is 0 Å². The summed E-state index contributed by atoms with van der Waals surface area (Å²) in [4.78, 5) is 30.0. The van der Waals surface area contributed by atoms with Crippen molar-refractivity contribution >= 4 is 34.8 Å². The summed E-state index contributed by atoms with van der Waals surface area (Å²) in [5.41, 5.74) is 3.67. The highest BCUT2D eigenvalue weighted by atomic mass is 35.5. The third-order valence-electron chi connectivity index (χ3n) is 7.03. The lowest BCUT2D eigenvalue weighted by Gasteiger charge is -2.36. The minimum Gasteiger partial charge on any atom is -0.494 e. The third-order valence-corrected chi connectivity index (χ3v) is 7.33. The second-order valence-electron chi connectivity index (χ2n) is 10.1. The zero-order valence-electron chi connectivity index (χ0n) is 23.6. The number of benzene rings is 4. The van der Waals surface area contributed by atoms with Crippen LogP contribution in [0.3, 0.4) is 0 Å². The van der Waals surface area contributed by atoms with E-state index in [0.717, 1.165) is 23.4 Å². The number of nitrogens with one attached hydrogen (secondary N) is 1. The Labute approximate surface area is 251 Å². The van der Waals surface area contributed by atoms with Crippen molar-refractivity contribution in [1.82, 2.24) is 4.90 Å². The van der Waals surface area contributed by atoms with E-state index < -0.39 is 0 Å². The number of carbonyl (C=O) groups is 2. The number of hydrogen-bond donors (Lipinski definition) is 1. The van der Waals surface area contributed by atoms with E-state index in [1.807, 2.05) is 77.7 Å². The molecule has 1 N–H and O–H groups in total. The molecule has 0 atom stereocenters. The van der Waals surface area contributed by atoms with E-state index in [1.165, 1.54) is 0 Å². The standard InChI is InChI=1S/C34H34ClN3O4/c1-2-21-41-29-14-11-26(12-15-29)34(40)38-19-17-37(18-20-38)32-16-13-28(23-31(32)35)36-33(39)27-9-6-10-30(22-27)42-24-25-7-4-3-5-8-25/h3-16,22-23H,2,17-21,24H2,1H3,(H,36,39). The van der Waals surface area contributed by atoms with Crippen LogP contribution >= 0.6 is 11.6 Å². The van der Waals surface area contributed by atoms with Crippen LogP contribution in [-0.2, 0) is 6.61 Å². The predicted octanol–water partition coefficient (Wildman–Crippen LogP) is 6.92. The second kappa shape index (κ2) is 13.9. The molecule has 1 aliphatic rings. The van der Waals surface area contributed by atoms with E-state index in [4.69, 9.17) is 21.1 Å². The largest absolute Gasteiger partial charge is 0.494 e. The summed E-state index contributed by atoms with van der Waals surface area (Å²) < 4.78 is 11.5. The molecule has 0 aromatic heterocycles. The van der Waals surface area contributed by atoms with Crippen LogP contribution in [0.4, 0.5) is 11.4 Å². The number of carbonyl (C=O) groups excluding carboxylic acids is 2. The Morgan fingerprint density at radius 1 is 0.786 bits per heavy atom. The number of anilines is 2. The lowest BCUT2D eigenvalue weighted by molar-refractivity contribution is 0.0746. The summed E-state index contributed by atoms with van der Waals surface area (Å²) in [6.07, 6.45) is 0.937. The number of ether oxygens (including phenoxy) is 2. The minimum absolute atomic E-state index is 0.00961. The molecule has 1 saturated heterocycles. The molecule has 0 bridgehead atoms. The van der Waals surface area contributed by atoms with Gasteiger partial charge >= 0.3 is 0 Å². The van der Waals surface area contributed by atoms with E-state index in [2.05, 4.69) is 17.1 Å². The van der Waals surface area contributed by atoms with E-state index >= 15 is 0 Å². The normalized spacial score (nSPS) is 13.0. The topological polar surface area (TPSA) is 71.1 Å². The quantitative estimate of drug-likeness (QED) is 0.219. The fraction of sp³-hybridized carbons (Fsp3) is 0.235. The van der Waals surface area contributed by atoms with Gasteiger partial charge in [0.15, 0.2) is 0 Å². The van der Waals surface area contributed by atoms with Gasteiger partial charge in [-0.05, 0) is 72.6 Å². The molecule has 4 aromatic carbocycles. The highest BCUT2D eigenvalue weighted by molar-refractivity contribution is 6.33. The van der Waals surface area contributed by atoms with Crippen LogP contribution in [0, 0.1) is 0 Å². The summed E-state index contributed by atoms with van der Waals surface area (Å²) >= 11 is 6.66. The van der Waals surface area contributed by atoms with Crippen LogP contribution in [0.15, 0.2) is 97.1 Å². The summed E-state index contributed by atoms with van der Waals surface area (Å²) in [6, 6.07) is 29.8. The second-order valence-corrected chi connectivity index (χ2v) is 10.5. The summed E-state index contributed by atoms with van der Waals surface area (Å²) in [7, 11) is 0. The first-order valence-corrected chi connectivity index (χ1v) is 14.5. The Morgan fingerprint density at radius 2 is 1.55 bits per heavy atom. The lowest BCUT2D eigenvalue weighted by Crippen LogP contribution is -2.48. The molecule has 0 aliphatic carbocycles. The van der Waals surface area contributed by atoms with Gasteiger partial charge in [0.25, 0.3) is 11.8 Å². The van der Waals surface area contributed by atoms with Gasteiger partial charge in [0.2, 0.25) is 0 Å². The third kappa shape index (κ3) is 7.42. The molecular weight excluding hydrogens is 550 g/mol. The average molecular weight is 584 g/mol. The SMILES string of the molecule is CCCOc1ccc(C(=O)N2CCN(c3ccc(NC(=O)c4cccc(OCc5ccccc5)c4)cc3Cl)CC2)cc1. The molecule has 2 amide bonds. The highest BCUT2D eigenvalue weighted by Gasteiger charge is 2.23. The Bertz CT molecular complexity index is 1500. The zero-order valence-corrected chi connectivity index (χ0v) is 24.3. The van der Waals surface area contributed by atoms with Crippen LogP contribution in [0.2, 0.25) is 5.02 Å². The first kappa shape index (κ1) is 29.0. The first-order valence-electron chi connectivity index (χ1n) is 14.1. The molecule has 216 valence electrons. The van der Waals surface area contributed by atoms with E-state index in [9.17, 15) is 9.59 Å². The van der Waals surface area contributed by atoms with Crippen molar-refractivity contribution in [3.05, 3.63) is 119 Å². The Morgan fingerprint density at radius 3 is 2.26 bits per heavy atom. The molecule has 0 spiro atoms. The van der Waals surface area contributed by atoms with Crippen molar-refractivity contribution in [2.75, 3.05) is 43.0 Å². The van der Waals surface area contributed by atoms with Gasteiger partial charge in [-0.3, -0.25) is 9.59 Å². The molecule has 5 rings (SSSR count). The Balaban J connectivity index is 1.14. The van der Waals surface area contributed by atoms with Gasteiger partial charge < -0.3 is 24.6 Å². The summed E-state index contributed by atoms with van der Waals surface area (Å²) in [5.74, 6) is 1.15. The lowest BCUT2D eigenvalue weighted by atomic mass is 10.1. The minimum atomic E-state index is -0.249. The molecule has 0 radical (unpaired) electrons. The maximum absolute atomic E-state index is 13.0. The molecule has 1 heterocycles. The number of nitrogens with zero attached hydrogens (tertiary/aromatic N) is 2. The molecule has 7 nitrogen and oxygen atoms in total. The molecule has 42 heavy (non-hydrogen) atoms. The van der Waals surface area contributed by atoms with Crippen LogP contribution in [0.1, 0.15) is 39.6 Å². The number of piperazine rings is 1. The van der Waals surface area contributed by atoms with Crippen LogP contribution < -0.4 is 19.7 Å². The molecule has 0 saturated carbocycles. The number of rotatable bonds is 10. The molecule has 1 aliphatic heterocycles. The smallest absolute Gasteiger partial charge is 0.255 e. The van der Waals surface area contributed by atoms with Crippen LogP contribution in [-0.4, -0.2) is 49.5 Å². The van der Waals surface area contributed by atoms with Gasteiger partial charge in [0.1, 0.15) is 18.1 Å². The van der Waals surface area contributed by atoms with Gasteiger partial charge in [-0.15, -0.1) is 0 Å². The molecule has 0 unspecified atom stereocenters. The average Bonchev–Trinajstić information content (AvgIpc) is 3.03. The van der Waals surface area contributed by atoms with Crippen molar-refractivity contribution in [1.29, 1.82) is 0 Å². The van der Waals surface area contributed by atoms with E-state index in [-0.39, 0.29) is 11.8 Å². The fourth-order valence-corrected chi connectivity index (χ4v) is 5.06. The zero-order chi connectivity index (χ0) is 29.3.